The molecule has 0 unspecified atom stereocenters. The van der Waals surface area contributed by atoms with E-state index in [0.29, 0.717) is 17.8 Å². The zero-order chi connectivity index (χ0) is 18.6. The van der Waals surface area contributed by atoms with Crippen LogP contribution in [0.15, 0.2) is 48.5 Å². The lowest BCUT2D eigenvalue weighted by molar-refractivity contribution is 0.0953. The fourth-order valence-electron chi connectivity index (χ4n) is 3.12. The Labute approximate surface area is 154 Å². The van der Waals surface area contributed by atoms with Crippen molar-refractivity contribution in [2.24, 2.45) is 0 Å². The van der Waals surface area contributed by atoms with Crippen LogP contribution in [0.25, 0.3) is 0 Å². The molecule has 2 aromatic rings. The summed E-state index contributed by atoms with van der Waals surface area (Å²) < 4.78 is 24.7. The van der Waals surface area contributed by atoms with Gasteiger partial charge in [-0.05, 0) is 48.7 Å². The maximum atomic E-state index is 12.2. The topological polar surface area (TPSA) is 78.5 Å². The molecule has 0 fully saturated rings. The first-order valence-corrected chi connectivity index (χ1v) is 10.5. The number of amides is 1. The van der Waals surface area contributed by atoms with Crippen LogP contribution in [-0.4, -0.2) is 40.2 Å². The van der Waals surface area contributed by atoms with Crippen molar-refractivity contribution >= 4 is 27.3 Å². The number of nitrogens with one attached hydrogen (secondary N) is 2. The van der Waals surface area contributed by atoms with E-state index < -0.39 is 10.0 Å². The number of fused-ring (bicyclic) bond motifs is 1. The Morgan fingerprint density at radius 3 is 2.58 bits per heavy atom. The van der Waals surface area contributed by atoms with Gasteiger partial charge in [-0.1, -0.05) is 18.2 Å². The molecule has 0 saturated heterocycles. The summed E-state index contributed by atoms with van der Waals surface area (Å²) in [6.07, 6.45) is 3.04. The molecule has 7 heteroatoms. The number of nitrogens with zero attached hydrogens (tertiary/aromatic N) is 1. The standard InChI is InChI=1S/C19H23N3O3S/c1-26(24,25)21-17-9-7-16(8-10-17)19(23)20-12-4-13-22-14-11-15-5-2-3-6-18(15)22/h2-3,5-10,21H,4,11-14H2,1H3,(H,20,23). The molecule has 1 aliphatic heterocycles. The van der Waals surface area contributed by atoms with Crippen molar-refractivity contribution in [1.82, 2.24) is 5.32 Å². The van der Waals surface area contributed by atoms with E-state index >= 15 is 0 Å². The van der Waals surface area contributed by atoms with Gasteiger partial charge >= 0.3 is 0 Å². The minimum Gasteiger partial charge on any atom is -0.371 e. The van der Waals surface area contributed by atoms with Crippen molar-refractivity contribution in [1.29, 1.82) is 0 Å². The summed E-state index contributed by atoms with van der Waals surface area (Å²) in [4.78, 5) is 14.5. The highest BCUT2D eigenvalue weighted by Crippen LogP contribution is 2.27. The van der Waals surface area contributed by atoms with Gasteiger partial charge in [0, 0.05) is 36.6 Å². The number of hydrogen-bond acceptors (Lipinski definition) is 4. The Morgan fingerprint density at radius 1 is 1.12 bits per heavy atom. The Kier molecular flexibility index (Phi) is 5.46. The van der Waals surface area contributed by atoms with Gasteiger partial charge in [0.2, 0.25) is 10.0 Å². The first-order chi connectivity index (χ1) is 12.4. The number of carbonyl (C=O) groups is 1. The van der Waals surface area contributed by atoms with Gasteiger partial charge in [0.05, 0.1) is 6.26 Å². The molecule has 1 aliphatic rings. The fraction of sp³-hybridized carbons (Fsp3) is 0.316. The van der Waals surface area contributed by atoms with E-state index in [1.54, 1.807) is 24.3 Å². The molecule has 0 saturated carbocycles. The lowest BCUT2D eigenvalue weighted by Gasteiger charge is -2.19. The van der Waals surface area contributed by atoms with Gasteiger partial charge in [0.1, 0.15) is 0 Å². The number of benzene rings is 2. The number of hydrogen-bond donors (Lipinski definition) is 2. The normalized spacial score (nSPS) is 13.3. The highest BCUT2D eigenvalue weighted by molar-refractivity contribution is 7.92. The summed E-state index contributed by atoms with van der Waals surface area (Å²) in [5.41, 5.74) is 3.64. The van der Waals surface area contributed by atoms with Crippen molar-refractivity contribution in [3.63, 3.8) is 0 Å². The summed E-state index contributed by atoms with van der Waals surface area (Å²) in [7, 11) is -3.31. The van der Waals surface area contributed by atoms with Crippen LogP contribution in [0.2, 0.25) is 0 Å². The highest BCUT2D eigenvalue weighted by Gasteiger charge is 2.17. The van der Waals surface area contributed by atoms with Crippen LogP contribution in [0.5, 0.6) is 0 Å². The van der Waals surface area contributed by atoms with Gasteiger partial charge in [0.15, 0.2) is 0 Å². The lowest BCUT2D eigenvalue weighted by Crippen LogP contribution is -2.29. The first kappa shape index (κ1) is 18.3. The molecule has 1 amide bonds. The SMILES string of the molecule is CS(=O)(=O)Nc1ccc(C(=O)NCCCN2CCc3ccccc32)cc1. The Morgan fingerprint density at radius 2 is 1.85 bits per heavy atom. The van der Waals surface area contributed by atoms with Gasteiger partial charge < -0.3 is 10.2 Å². The van der Waals surface area contributed by atoms with Crippen LogP contribution in [-0.2, 0) is 16.4 Å². The molecule has 3 rings (SSSR count). The molecule has 2 N–H and O–H groups in total. The van der Waals surface area contributed by atoms with Gasteiger partial charge in [-0.2, -0.15) is 0 Å². The molecule has 0 spiro atoms. The Bertz CT molecular complexity index is 879. The Hall–Kier alpha value is -2.54. The maximum absolute atomic E-state index is 12.2. The van der Waals surface area contributed by atoms with Crippen LogP contribution in [0, 0.1) is 0 Å². The number of rotatable bonds is 7. The van der Waals surface area contributed by atoms with E-state index in [4.69, 9.17) is 0 Å². The molecule has 0 aromatic heterocycles. The van der Waals surface area contributed by atoms with Crippen LogP contribution in [0.4, 0.5) is 11.4 Å². The minimum absolute atomic E-state index is 0.155. The smallest absolute Gasteiger partial charge is 0.251 e. The average Bonchev–Trinajstić information content (AvgIpc) is 3.01. The van der Waals surface area contributed by atoms with Crippen molar-refractivity contribution < 1.29 is 13.2 Å². The van der Waals surface area contributed by atoms with Gasteiger partial charge in [0.25, 0.3) is 5.91 Å². The van der Waals surface area contributed by atoms with E-state index in [9.17, 15) is 13.2 Å². The molecular weight excluding hydrogens is 350 g/mol. The summed E-state index contributed by atoms with van der Waals surface area (Å²) in [5.74, 6) is -0.155. The Balaban J connectivity index is 1.45. The lowest BCUT2D eigenvalue weighted by atomic mass is 10.2. The fourth-order valence-corrected chi connectivity index (χ4v) is 3.68. The molecule has 26 heavy (non-hydrogen) atoms. The van der Waals surface area contributed by atoms with E-state index in [2.05, 4.69) is 39.2 Å². The molecule has 6 nitrogen and oxygen atoms in total. The van der Waals surface area contributed by atoms with E-state index in [1.165, 1.54) is 11.3 Å². The molecule has 138 valence electrons. The quantitative estimate of drug-likeness (QED) is 0.730. The van der Waals surface area contributed by atoms with E-state index in [0.717, 1.165) is 32.2 Å². The predicted molar refractivity (Wildman–Crippen MR) is 104 cm³/mol. The maximum Gasteiger partial charge on any atom is 0.251 e. The minimum atomic E-state index is -3.31. The first-order valence-electron chi connectivity index (χ1n) is 8.61. The number of sulfonamides is 1. The molecule has 0 bridgehead atoms. The van der Waals surface area contributed by atoms with Crippen molar-refractivity contribution in [2.75, 3.05) is 35.5 Å². The third-order valence-corrected chi connectivity index (χ3v) is 4.93. The zero-order valence-electron chi connectivity index (χ0n) is 14.7. The number of para-hydroxylation sites is 1. The largest absolute Gasteiger partial charge is 0.371 e. The third-order valence-electron chi connectivity index (χ3n) is 4.32. The molecule has 0 atom stereocenters. The molecular formula is C19H23N3O3S. The average molecular weight is 373 g/mol. The second kappa shape index (κ2) is 7.78. The molecule has 2 aromatic carbocycles. The number of anilines is 2. The van der Waals surface area contributed by atoms with Crippen LogP contribution in [0.1, 0.15) is 22.3 Å². The van der Waals surface area contributed by atoms with Crippen LogP contribution < -0.4 is 14.9 Å². The molecule has 1 heterocycles. The second-order valence-electron chi connectivity index (χ2n) is 6.43. The summed E-state index contributed by atoms with van der Waals surface area (Å²) in [5, 5.41) is 2.91. The monoisotopic (exact) mass is 373 g/mol. The van der Waals surface area contributed by atoms with Crippen molar-refractivity contribution in [3.8, 4) is 0 Å². The van der Waals surface area contributed by atoms with E-state index in [-0.39, 0.29) is 5.91 Å². The van der Waals surface area contributed by atoms with E-state index in [1.807, 2.05) is 0 Å². The van der Waals surface area contributed by atoms with Gasteiger partial charge in [-0.15, -0.1) is 0 Å². The predicted octanol–water partition coefficient (Wildman–Crippen LogP) is 2.24. The van der Waals surface area contributed by atoms with Gasteiger partial charge in [-0.3, -0.25) is 9.52 Å². The zero-order valence-corrected chi connectivity index (χ0v) is 15.6. The van der Waals surface area contributed by atoms with Crippen LogP contribution >= 0.6 is 0 Å². The van der Waals surface area contributed by atoms with Crippen molar-refractivity contribution in [3.05, 3.63) is 59.7 Å². The third kappa shape index (κ3) is 4.76. The molecule has 0 radical (unpaired) electrons. The van der Waals surface area contributed by atoms with Crippen molar-refractivity contribution in [2.45, 2.75) is 12.8 Å². The molecule has 0 aliphatic carbocycles. The number of carbonyl (C=O) groups excluding carboxylic acids is 1. The summed E-state index contributed by atoms with van der Waals surface area (Å²) in [6.45, 7) is 2.54. The summed E-state index contributed by atoms with van der Waals surface area (Å²) in [6, 6.07) is 14.8. The second-order valence-corrected chi connectivity index (χ2v) is 8.18. The van der Waals surface area contributed by atoms with Gasteiger partial charge in [-0.25, -0.2) is 8.42 Å². The van der Waals surface area contributed by atoms with Crippen LogP contribution in [0.3, 0.4) is 0 Å². The summed E-state index contributed by atoms with van der Waals surface area (Å²) >= 11 is 0. The highest BCUT2D eigenvalue weighted by atomic mass is 32.2.